The van der Waals surface area contributed by atoms with Gasteiger partial charge in [-0.25, -0.2) is 14.3 Å². The maximum Gasteiger partial charge on any atom is 0.344 e. The van der Waals surface area contributed by atoms with Crippen LogP contribution in [-0.2, 0) is 6.61 Å². The normalized spacial score (nSPS) is 11.2. The second-order valence-corrected chi connectivity index (χ2v) is 5.26. The number of benzene rings is 1. The third-order valence-corrected chi connectivity index (χ3v) is 3.70. The lowest BCUT2D eigenvalue weighted by molar-refractivity contribution is 0.272. The van der Waals surface area contributed by atoms with E-state index in [-0.39, 0.29) is 17.3 Å². The molecule has 0 spiro atoms. The van der Waals surface area contributed by atoms with Crippen molar-refractivity contribution in [2.24, 2.45) is 0 Å². The van der Waals surface area contributed by atoms with E-state index in [9.17, 15) is 14.3 Å². The highest BCUT2D eigenvalue weighted by atomic mass is 32.2. The maximum atomic E-state index is 13.5. The molecule has 0 unspecified atom stereocenters. The summed E-state index contributed by atoms with van der Waals surface area (Å²) in [5.41, 5.74) is -0.0993. The van der Waals surface area contributed by atoms with E-state index in [1.807, 2.05) is 13.8 Å². The lowest BCUT2D eigenvalue weighted by atomic mass is 10.2. The van der Waals surface area contributed by atoms with Crippen LogP contribution in [0.1, 0.15) is 25.5 Å². The van der Waals surface area contributed by atoms with Crippen molar-refractivity contribution in [2.45, 2.75) is 36.5 Å². The van der Waals surface area contributed by atoms with Crippen LogP contribution in [0.2, 0.25) is 0 Å². The van der Waals surface area contributed by atoms with Crippen LogP contribution in [0.25, 0.3) is 0 Å². The van der Waals surface area contributed by atoms with E-state index in [4.69, 9.17) is 0 Å². The largest absolute Gasteiger partial charge is 0.392 e. The van der Waals surface area contributed by atoms with Crippen LogP contribution in [0.4, 0.5) is 4.39 Å². The molecule has 0 aliphatic heterocycles. The topological polar surface area (TPSA) is 70.9 Å². The molecule has 0 saturated carbocycles. The summed E-state index contributed by atoms with van der Waals surface area (Å²) < 4.78 is 15.0. The maximum absolute atomic E-state index is 13.5. The highest BCUT2D eigenvalue weighted by molar-refractivity contribution is 7.99. The van der Waals surface area contributed by atoms with E-state index >= 15 is 0 Å². The van der Waals surface area contributed by atoms with Crippen molar-refractivity contribution in [3.8, 4) is 0 Å². The minimum absolute atomic E-state index is 0.0557. The summed E-state index contributed by atoms with van der Waals surface area (Å²) >= 11 is 1.15. The van der Waals surface area contributed by atoms with Crippen molar-refractivity contribution in [1.82, 2.24) is 14.8 Å². The van der Waals surface area contributed by atoms with Crippen LogP contribution < -0.4 is 5.69 Å². The molecule has 102 valence electrons. The first-order chi connectivity index (χ1) is 9.04. The van der Waals surface area contributed by atoms with Crippen LogP contribution in [0.5, 0.6) is 0 Å². The second kappa shape index (κ2) is 5.58. The van der Waals surface area contributed by atoms with Gasteiger partial charge in [0.25, 0.3) is 0 Å². The van der Waals surface area contributed by atoms with Gasteiger partial charge in [0, 0.05) is 16.5 Å². The van der Waals surface area contributed by atoms with Gasteiger partial charge in [0.15, 0.2) is 5.16 Å². The Balaban J connectivity index is 2.42. The van der Waals surface area contributed by atoms with Gasteiger partial charge in [0.1, 0.15) is 5.82 Å². The SMILES string of the molecule is CC(C)n1c(Sc2cccc(F)c2CO)n[nH]c1=O. The number of nitrogens with zero attached hydrogens (tertiary/aromatic N) is 2. The van der Waals surface area contributed by atoms with Gasteiger partial charge in [0.05, 0.1) is 6.61 Å². The van der Waals surface area contributed by atoms with E-state index in [0.29, 0.717) is 10.1 Å². The fraction of sp³-hybridized carbons (Fsp3) is 0.333. The number of halogens is 1. The van der Waals surface area contributed by atoms with Gasteiger partial charge in [-0.1, -0.05) is 6.07 Å². The fourth-order valence-corrected chi connectivity index (χ4v) is 2.82. The molecule has 7 heteroatoms. The van der Waals surface area contributed by atoms with Crippen LogP contribution in [0.3, 0.4) is 0 Å². The lowest BCUT2D eigenvalue weighted by Gasteiger charge is -2.10. The van der Waals surface area contributed by atoms with Crippen molar-refractivity contribution in [3.63, 3.8) is 0 Å². The number of rotatable bonds is 4. The molecule has 0 fully saturated rings. The number of aromatic amines is 1. The van der Waals surface area contributed by atoms with Crippen molar-refractivity contribution < 1.29 is 9.50 Å². The molecule has 19 heavy (non-hydrogen) atoms. The van der Waals surface area contributed by atoms with Crippen LogP contribution in [0.15, 0.2) is 33.0 Å². The summed E-state index contributed by atoms with van der Waals surface area (Å²) in [5.74, 6) is -0.471. The molecule has 0 aliphatic rings. The first-order valence-electron chi connectivity index (χ1n) is 5.77. The number of H-pyrrole nitrogens is 1. The Morgan fingerprint density at radius 2 is 2.26 bits per heavy atom. The van der Waals surface area contributed by atoms with Crippen LogP contribution in [0, 0.1) is 5.82 Å². The average Bonchev–Trinajstić information content (AvgIpc) is 2.71. The third kappa shape index (κ3) is 2.71. The Morgan fingerprint density at radius 3 is 2.89 bits per heavy atom. The minimum Gasteiger partial charge on any atom is -0.392 e. The fourth-order valence-electron chi connectivity index (χ4n) is 1.70. The number of aliphatic hydroxyl groups is 1. The molecule has 2 rings (SSSR count). The number of hydrogen-bond acceptors (Lipinski definition) is 4. The van der Waals surface area contributed by atoms with Gasteiger partial charge in [-0.05, 0) is 37.7 Å². The van der Waals surface area contributed by atoms with Crippen LogP contribution >= 0.6 is 11.8 Å². The predicted molar refractivity (Wildman–Crippen MR) is 69.7 cm³/mol. The highest BCUT2D eigenvalue weighted by Gasteiger charge is 2.15. The van der Waals surface area contributed by atoms with E-state index < -0.39 is 12.4 Å². The predicted octanol–water partition coefficient (Wildman–Crippen LogP) is 1.93. The summed E-state index contributed by atoms with van der Waals surface area (Å²) in [6.45, 7) is 3.32. The smallest absolute Gasteiger partial charge is 0.344 e. The Hall–Kier alpha value is -1.60. The Labute approximate surface area is 113 Å². The number of aliphatic hydroxyl groups excluding tert-OH is 1. The number of aromatic nitrogens is 3. The molecule has 1 aromatic carbocycles. The molecule has 1 heterocycles. The molecule has 0 aliphatic carbocycles. The number of nitrogens with one attached hydrogen (secondary N) is 1. The Morgan fingerprint density at radius 1 is 1.53 bits per heavy atom. The zero-order valence-corrected chi connectivity index (χ0v) is 11.4. The monoisotopic (exact) mass is 283 g/mol. The van der Waals surface area contributed by atoms with Crippen molar-refractivity contribution in [3.05, 3.63) is 40.1 Å². The summed E-state index contributed by atoms with van der Waals surface area (Å²) in [5, 5.41) is 15.9. The van der Waals surface area contributed by atoms with Gasteiger partial charge >= 0.3 is 5.69 Å². The quantitative estimate of drug-likeness (QED) is 0.899. The van der Waals surface area contributed by atoms with Gasteiger partial charge in [0.2, 0.25) is 0 Å². The summed E-state index contributed by atoms with van der Waals surface area (Å²) in [6.07, 6.45) is 0. The molecule has 5 nitrogen and oxygen atoms in total. The first kappa shape index (κ1) is 13.8. The van der Waals surface area contributed by atoms with Gasteiger partial charge < -0.3 is 5.11 Å². The third-order valence-electron chi connectivity index (χ3n) is 2.62. The molecular formula is C12H14FN3O2S. The average molecular weight is 283 g/mol. The molecule has 0 radical (unpaired) electrons. The van der Waals surface area contributed by atoms with E-state index in [0.717, 1.165) is 11.8 Å². The van der Waals surface area contributed by atoms with Crippen molar-refractivity contribution in [2.75, 3.05) is 0 Å². The molecule has 0 bridgehead atoms. The van der Waals surface area contributed by atoms with Crippen molar-refractivity contribution >= 4 is 11.8 Å². The minimum atomic E-state index is -0.471. The molecule has 0 amide bonds. The van der Waals surface area contributed by atoms with Gasteiger partial charge in [-0.15, -0.1) is 5.10 Å². The lowest BCUT2D eigenvalue weighted by Crippen LogP contribution is -2.19. The second-order valence-electron chi connectivity index (χ2n) is 4.25. The summed E-state index contributed by atoms with van der Waals surface area (Å²) in [7, 11) is 0. The standard InChI is InChI=1S/C12H14FN3O2S/c1-7(2)16-11(18)14-15-12(16)19-10-5-3-4-9(13)8(10)6-17/h3-5,7,17H,6H2,1-2H3,(H,14,18). The van der Waals surface area contributed by atoms with Crippen molar-refractivity contribution in [1.29, 1.82) is 0 Å². The zero-order valence-electron chi connectivity index (χ0n) is 10.6. The molecular weight excluding hydrogens is 269 g/mol. The van der Waals surface area contributed by atoms with E-state index in [1.54, 1.807) is 12.1 Å². The van der Waals surface area contributed by atoms with E-state index in [1.165, 1.54) is 10.6 Å². The summed E-state index contributed by atoms with van der Waals surface area (Å²) in [4.78, 5) is 12.1. The van der Waals surface area contributed by atoms with E-state index in [2.05, 4.69) is 10.2 Å². The molecule has 2 N–H and O–H groups in total. The molecule has 0 saturated heterocycles. The zero-order chi connectivity index (χ0) is 14.0. The first-order valence-corrected chi connectivity index (χ1v) is 6.59. The van der Waals surface area contributed by atoms with Gasteiger partial charge in [-0.3, -0.25) is 4.57 Å². The molecule has 0 atom stereocenters. The number of hydrogen-bond donors (Lipinski definition) is 2. The van der Waals surface area contributed by atoms with Gasteiger partial charge in [-0.2, -0.15) is 0 Å². The molecule has 2 aromatic rings. The summed E-state index contributed by atoms with van der Waals surface area (Å²) in [6, 6.07) is 4.47. The Bertz CT molecular complexity index is 636. The molecule has 1 aromatic heterocycles. The highest BCUT2D eigenvalue weighted by Crippen LogP contribution is 2.30. The van der Waals surface area contributed by atoms with Crippen LogP contribution in [-0.4, -0.2) is 19.9 Å². The Kier molecular flexibility index (Phi) is 4.06.